The van der Waals surface area contributed by atoms with Gasteiger partial charge in [-0.15, -0.1) is 0 Å². The lowest BCUT2D eigenvalue weighted by atomic mass is 10.1. The fraction of sp³-hybridized carbons (Fsp3) is 0.235. The first-order valence-electron chi connectivity index (χ1n) is 7.46. The van der Waals surface area contributed by atoms with Crippen LogP contribution in [0.4, 0.5) is 5.69 Å². The van der Waals surface area contributed by atoms with E-state index < -0.39 is 36.2 Å². The topological polar surface area (TPSA) is 150 Å². The van der Waals surface area contributed by atoms with Gasteiger partial charge in [-0.25, -0.2) is 4.79 Å². The minimum absolute atomic E-state index is 0.0977. The summed E-state index contributed by atoms with van der Waals surface area (Å²) in [6.45, 7) is 2.69. The largest absolute Gasteiger partial charge is 0.481 e. The minimum Gasteiger partial charge on any atom is -0.481 e. The number of carboxylic acids is 2. The van der Waals surface area contributed by atoms with Crippen LogP contribution in [0.25, 0.3) is 0 Å². The van der Waals surface area contributed by atoms with Crippen LogP contribution < -0.4 is 10.6 Å². The molecule has 0 bridgehead atoms. The molecule has 1 unspecified atom stereocenters. The fourth-order valence-corrected chi connectivity index (χ4v) is 1.88. The maximum absolute atomic E-state index is 11.9. The van der Waals surface area contributed by atoms with Gasteiger partial charge in [-0.2, -0.15) is 0 Å². The van der Waals surface area contributed by atoms with E-state index in [0.717, 1.165) is 6.08 Å². The number of carbonyl (C=O) groups excluding carboxylic acids is 3. The molecule has 0 heterocycles. The third-order valence-corrected chi connectivity index (χ3v) is 3.25. The van der Waals surface area contributed by atoms with Gasteiger partial charge in [0.2, 0.25) is 11.8 Å². The number of hydrogen-bond donors (Lipinski definition) is 4. The lowest BCUT2D eigenvalue weighted by molar-refractivity contribution is -0.146. The molecule has 138 valence electrons. The Bertz CT molecular complexity index is 766. The van der Waals surface area contributed by atoms with Gasteiger partial charge in [0.1, 0.15) is 6.04 Å². The van der Waals surface area contributed by atoms with E-state index in [0.29, 0.717) is 11.3 Å². The van der Waals surface area contributed by atoms with Crippen molar-refractivity contribution in [2.75, 3.05) is 5.32 Å². The summed E-state index contributed by atoms with van der Waals surface area (Å²) in [6, 6.07) is 4.50. The van der Waals surface area contributed by atoms with Crippen molar-refractivity contribution in [2.24, 2.45) is 0 Å². The maximum atomic E-state index is 11.9. The molecule has 1 atom stereocenters. The van der Waals surface area contributed by atoms with Crippen molar-refractivity contribution in [1.82, 2.24) is 5.32 Å². The Labute approximate surface area is 148 Å². The van der Waals surface area contributed by atoms with E-state index in [9.17, 15) is 24.0 Å². The van der Waals surface area contributed by atoms with Gasteiger partial charge in [0, 0.05) is 22.9 Å². The van der Waals surface area contributed by atoms with Crippen molar-refractivity contribution < 1.29 is 34.2 Å². The van der Waals surface area contributed by atoms with Gasteiger partial charge in [-0.05, 0) is 38.1 Å². The second-order valence-electron chi connectivity index (χ2n) is 5.41. The number of amides is 2. The van der Waals surface area contributed by atoms with Crippen LogP contribution in [0, 0.1) is 0 Å². The fourth-order valence-electron chi connectivity index (χ4n) is 1.88. The third kappa shape index (κ3) is 6.56. The SMILES string of the molecule is CC(=O)c1ccc(NC(=O)/C=C(/C)C(=O)NC(CC(=O)O)C(=O)O)cc1. The van der Waals surface area contributed by atoms with Crippen molar-refractivity contribution in [3.63, 3.8) is 0 Å². The van der Waals surface area contributed by atoms with Gasteiger partial charge in [-0.3, -0.25) is 19.2 Å². The predicted octanol–water partition coefficient (Wildman–Crippen LogP) is 0.818. The summed E-state index contributed by atoms with van der Waals surface area (Å²) in [5, 5.41) is 22.0. The number of benzene rings is 1. The third-order valence-electron chi connectivity index (χ3n) is 3.25. The lowest BCUT2D eigenvalue weighted by Crippen LogP contribution is -2.42. The summed E-state index contributed by atoms with van der Waals surface area (Å²) in [6.07, 6.45) is 0.164. The van der Waals surface area contributed by atoms with Crippen LogP contribution in [-0.2, 0) is 19.2 Å². The molecule has 9 heteroatoms. The summed E-state index contributed by atoms with van der Waals surface area (Å²) >= 11 is 0. The molecular weight excluding hydrogens is 344 g/mol. The molecule has 4 N–H and O–H groups in total. The molecule has 26 heavy (non-hydrogen) atoms. The van der Waals surface area contributed by atoms with E-state index in [2.05, 4.69) is 5.32 Å². The van der Waals surface area contributed by atoms with Gasteiger partial charge < -0.3 is 20.8 Å². The van der Waals surface area contributed by atoms with Crippen molar-refractivity contribution >= 4 is 35.2 Å². The Morgan fingerprint density at radius 3 is 2.08 bits per heavy atom. The molecule has 1 aromatic carbocycles. The van der Waals surface area contributed by atoms with Gasteiger partial charge in [0.05, 0.1) is 6.42 Å². The Morgan fingerprint density at radius 2 is 1.62 bits per heavy atom. The molecule has 0 aliphatic carbocycles. The molecule has 2 amide bonds. The first kappa shape index (κ1) is 20.6. The average molecular weight is 362 g/mol. The zero-order valence-corrected chi connectivity index (χ0v) is 14.1. The number of Topliss-reactive ketones (excluding diaryl/α,β-unsaturated/α-hetero) is 1. The first-order chi connectivity index (χ1) is 12.1. The van der Waals surface area contributed by atoms with E-state index in [1.165, 1.54) is 38.1 Å². The van der Waals surface area contributed by atoms with Crippen LogP contribution >= 0.6 is 0 Å². The van der Waals surface area contributed by atoms with Crippen LogP contribution in [0.1, 0.15) is 30.6 Å². The van der Waals surface area contributed by atoms with Crippen LogP contribution in [0.5, 0.6) is 0 Å². The molecule has 1 aromatic rings. The molecule has 0 saturated carbocycles. The summed E-state index contributed by atoms with van der Waals surface area (Å²) in [7, 11) is 0. The number of carboxylic acid groups (broad SMARTS) is 2. The van der Waals surface area contributed by atoms with Gasteiger partial charge in [0.15, 0.2) is 5.78 Å². The summed E-state index contributed by atoms with van der Waals surface area (Å²) < 4.78 is 0. The van der Waals surface area contributed by atoms with E-state index in [-0.39, 0.29) is 11.4 Å². The Hall–Kier alpha value is -3.49. The van der Waals surface area contributed by atoms with Crippen LogP contribution in [-0.4, -0.2) is 45.8 Å². The zero-order valence-electron chi connectivity index (χ0n) is 14.1. The molecule has 0 fully saturated rings. The number of aliphatic carboxylic acids is 2. The number of anilines is 1. The zero-order chi connectivity index (χ0) is 19.9. The van der Waals surface area contributed by atoms with E-state index >= 15 is 0 Å². The number of carbonyl (C=O) groups is 5. The Morgan fingerprint density at radius 1 is 1.04 bits per heavy atom. The quantitative estimate of drug-likeness (QED) is 0.395. The van der Waals surface area contributed by atoms with Crippen molar-refractivity contribution in [2.45, 2.75) is 26.3 Å². The minimum atomic E-state index is -1.61. The molecule has 1 rings (SSSR count). The normalized spacial score (nSPS) is 12.0. The van der Waals surface area contributed by atoms with Crippen LogP contribution in [0.15, 0.2) is 35.9 Å². The maximum Gasteiger partial charge on any atom is 0.326 e. The van der Waals surface area contributed by atoms with E-state index in [1.54, 1.807) is 0 Å². The first-order valence-corrected chi connectivity index (χ1v) is 7.46. The standard InChI is InChI=1S/C17H18N2O7/c1-9(16(24)19-13(17(25)26)8-15(22)23)7-14(21)18-12-5-3-11(4-6-12)10(2)20/h3-7,13H,8H2,1-2H3,(H,18,21)(H,19,24)(H,22,23)(H,25,26)/b9-7-. The summed E-state index contributed by atoms with van der Waals surface area (Å²) in [5.41, 5.74) is 0.783. The molecule has 0 aromatic heterocycles. The second-order valence-corrected chi connectivity index (χ2v) is 5.41. The molecule has 0 spiro atoms. The number of ketones is 1. The number of rotatable bonds is 8. The number of nitrogens with one attached hydrogen (secondary N) is 2. The monoisotopic (exact) mass is 362 g/mol. The van der Waals surface area contributed by atoms with Gasteiger partial charge in [0.25, 0.3) is 0 Å². The lowest BCUT2D eigenvalue weighted by Gasteiger charge is -2.12. The molecule has 0 radical (unpaired) electrons. The summed E-state index contributed by atoms with van der Waals surface area (Å²) in [4.78, 5) is 56.5. The molecule has 0 aliphatic rings. The van der Waals surface area contributed by atoms with Crippen molar-refractivity contribution in [1.29, 1.82) is 0 Å². The van der Waals surface area contributed by atoms with Gasteiger partial charge in [-0.1, -0.05) is 0 Å². The van der Waals surface area contributed by atoms with Crippen LogP contribution in [0.2, 0.25) is 0 Å². The van der Waals surface area contributed by atoms with Gasteiger partial charge >= 0.3 is 11.9 Å². The smallest absolute Gasteiger partial charge is 0.326 e. The Kier molecular flexibility index (Phi) is 7.20. The van der Waals surface area contributed by atoms with Crippen molar-refractivity contribution in [3.05, 3.63) is 41.5 Å². The predicted molar refractivity (Wildman–Crippen MR) is 90.7 cm³/mol. The Balaban J connectivity index is 2.73. The molecule has 0 saturated heterocycles. The van der Waals surface area contributed by atoms with E-state index in [4.69, 9.17) is 10.2 Å². The molecule has 9 nitrogen and oxygen atoms in total. The number of hydrogen-bond acceptors (Lipinski definition) is 5. The highest BCUT2D eigenvalue weighted by atomic mass is 16.4. The summed E-state index contributed by atoms with van der Waals surface area (Å²) in [5.74, 6) is -4.52. The molecular formula is C17H18N2O7. The van der Waals surface area contributed by atoms with Crippen molar-refractivity contribution in [3.8, 4) is 0 Å². The molecule has 0 aliphatic heterocycles. The highest BCUT2D eigenvalue weighted by Gasteiger charge is 2.23. The average Bonchev–Trinajstić information content (AvgIpc) is 2.53. The van der Waals surface area contributed by atoms with E-state index in [1.807, 2.05) is 5.32 Å². The highest BCUT2D eigenvalue weighted by molar-refractivity contribution is 6.06. The second kappa shape index (κ2) is 9.11. The van der Waals surface area contributed by atoms with Crippen LogP contribution in [0.3, 0.4) is 0 Å². The highest BCUT2D eigenvalue weighted by Crippen LogP contribution is 2.10.